The number of carbonyl (C=O) groups excluding carboxylic acids is 3. The lowest BCUT2D eigenvalue weighted by molar-refractivity contribution is -0.121. The molecule has 0 saturated carbocycles. The van der Waals surface area contributed by atoms with E-state index in [0.29, 0.717) is 62.1 Å². The summed E-state index contributed by atoms with van der Waals surface area (Å²) in [6, 6.07) is 14.6. The number of carbonyl (C=O) groups is 3. The van der Waals surface area contributed by atoms with Crippen LogP contribution >= 0.6 is 0 Å². The molecule has 38 heavy (non-hydrogen) atoms. The van der Waals surface area contributed by atoms with Crippen LogP contribution in [0.15, 0.2) is 60.9 Å². The molecule has 2 aliphatic heterocycles. The molecule has 0 saturated heterocycles. The Hall–Kier alpha value is -4.47. The minimum absolute atomic E-state index is 0.0241. The van der Waals surface area contributed by atoms with E-state index in [9.17, 15) is 14.4 Å². The maximum absolute atomic E-state index is 13.9. The number of benzene rings is 2. The van der Waals surface area contributed by atoms with Crippen molar-refractivity contribution in [1.29, 1.82) is 0 Å². The molecule has 10 nitrogen and oxygen atoms in total. The zero-order chi connectivity index (χ0) is 26.6. The Balaban J connectivity index is 1.51. The average Bonchev–Trinajstić information content (AvgIpc) is 2.97. The van der Waals surface area contributed by atoms with Crippen molar-refractivity contribution in [3.63, 3.8) is 0 Å². The number of hydrogen-bond acceptors (Lipinski definition) is 7. The number of rotatable bonds is 2. The maximum atomic E-state index is 13.9. The molecule has 1 aromatic heterocycles. The van der Waals surface area contributed by atoms with Crippen LogP contribution in [0.1, 0.15) is 29.3 Å². The Labute approximate surface area is 221 Å². The number of para-hydroxylation sites is 1. The van der Waals surface area contributed by atoms with Crippen LogP contribution in [0.5, 0.6) is 5.75 Å². The molecular formula is C28H30N6O4. The molecule has 3 amide bonds. The lowest BCUT2D eigenvalue weighted by Crippen LogP contribution is -2.40. The highest BCUT2D eigenvalue weighted by Crippen LogP contribution is 2.33. The summed E-state index contributed by atoms with van der Waals surface area (Å²) in [6.45, 7) is 3.94. The Kier molecular flexibility index (Phi) is 7.21. The number of hydrogen-bond donors (Lipinski definition) is 0. The molecule has 10 heteroatoms. The van der Waals surface area contributed by atoms with Gasteiger partial charge < -0.3 is 24.3 Å². The third kappa shape index (κ3) is 5.15. The van der Waals surface area contributed by atoms with Crippen LogP contribution in [0.25, 0.3) is 0 Å². The fourth-order valence-corrected chi connectivity index (χ4v) is 4.83. The van der Waals surface area contributed by atoms with Crippen molar-refractivity contribution < 1.29 is 19.1 Å². The zero-order valence-electron chi connectivity index (χ0n) is 21.5. The van der Waals surface area contributed by atoms with Crippen LogP contribution in [-0.2, 0) is 16.1 Å². The van der Waals surface area contributed by atoms with Gasteiger partial charge in [-0.25, -0.2) is 9.97 Å². The van der Waals surface area contributed by atoms with Crippen molar-refractivity contribution >= 4 is 35.0 Å². The van der Waals surface area contributed by atoms with Crippen molar-refractivity contribution in [3.05, 3.63) is 72.1 Å². The quantitative estimate of drug-likeness (QED) is 0.519. The number of likely N-dealkylation sites (N-methyl/N-ethyl adjacent to an activating group) is 1. The standard InChI is InChI=1S/C28H30N6O4/c1-20(35)34-14-6-13-32(28-29-11-5-12-30-28)15-16-33(18-22-7-3-4-8-23(22)34)27(37)21-9-10-25-24(17-21)31(2)26(36)19-38-25/h3-5,7-12,17H,6,13-16,18-19H2,1-2H3. The van der Waals surface area contributed by atoms with Gasteiger partial charge in [0.25, 0.3) is 11.8 Å². The van der Waals surface area contributed by atoms with Crippen LogP contribution in [0, 0.1) is 0 Å². The summed E-state index contributed by atoms with van der Waals surface area (Å²) in [5, 5.41) is 0. The van der Waals surface area contributed by atoms with E-state index in [2.05, 4.69) is 9.97 Å². The summed E-state index contributed by atoms with van der Waals surface area (Å²) < 4.78 is 5.54. The predicted molar refractivity (Wildman–Crippen MR) is 143 cm³/mol. The molecule has 2 aromatic carbocycles. The number of ether oxygens (including phenoxy) is 1. The van der Waals surface area contributed by atoms with E-state index < -0.39 is 0 Å². The summed E-state index contributed by atoms with van der Waals surface area (Å²) >= 11 is 0. The number of nitrogens with zero attached hydrogens (tertiary/aromatic N) is 6. The highest BCUT2D eigenvalue weighted by Gasteiger charge is 2.27. The lowest BCUT2D eigenvalue weighted by Gasteiger charge is -2.29. The topological polar surface area (TPSA) is 99.2 Å². The monoisotopic (exact) mass is 514 g/mol. The van der Waals surface area contributed by atoms with E-state index in [-0.39, 0.29) is 24.3 Å². The molecule has 5 rings (SSSR count). The first-order valence-electron chi connectivity index (χ1n) is 12.6. The van der Waals surface area contributed by atoms with Gasteiger partial charge in [0.1, 0.15) is 5.75 Å². The van der Waals surface area contributed by atoms with E-state index in [1.807, 2.05) is 29.2 Å². The van der Waals surface area contributed by atoms with Gasteiger partial charge in [-0.05, 0) is 42.3 Å². The summed E-state index contributed by atoms with van der Waals surface area (Å²) in [5.41, 5.74) is 2.69. The van der Waals surface area contributed by atoms with Gasteiger partial charge in [0.2, 0.25) is 11.9 Å². The van der Waals surface area contributed by atoms with Crippen LogP contribution in [0.3, 0.4) is 0 Å². The first-order valence-corrected chi connectivity index (χ1v) is 12.6. The number of anilines is 3. The first kappa shape index (κ1) is 25.2. The van der Waals surface area contributed by atoms with E-state index in [1.165, 1.54) is 4.90 Å². The minimum atomic E-state index is -0.184. The largest absolute Gasteiger partial charge is 0.482 e. The molecule has 0 spiro atoms. The minimum Gasteiger partial charge on any atom is -0.482 e. The van der Waals surface area contributed by atoms with Crippen LogP contribution < -0.4 is 19.4 Å². The molecule has 0 unspecified atom stereocenters. The molecule has 0 bridgehead atoms. The summed E-state index contributed by atoms with van der Waals surface area (Å²) in [6.07, 6.45) is 4.10. The van der Waals surface area contributed by atoms with Crippen molar-refractivity contribution in [1.82, 2.24) is 14.9 Å². The van der Waals surface area contributed by atoms with Gasteiger partial charge in [-0.3, -0.25) is 14.4 Å². The van der Waals surface area contributed by atoms with Crippen molar-refractivity contribution in [2.24, 2.45) is 0 Å². The molecule has 0 aliphatic carbocycles. The lowest BCUT2D eigenvalue weighted by atomic mass is 10.1. The predicted octanol–water partition coefficient (Wildman–Crippen LogP) is 2.74. The van der Waals surface area contributed by atoms with Crippen LogP contribution in [0.2, 0.25) is 0 Å². The van der Waals surface area contributed by atoms with Crippen LogP contribution in [-0.4, -0.2) is 72.4 Å². The molecule has 2 aliphatic rings. The highest BCUT2D eigenvalue weighted by atomic mass is 16.5. The van der Waals surface area contributed by atoms with Crippen molar-refractivity contribution in [2.75, 3.05) is 54.5 Å². The van der Waals surface area contributed by atoms with Gasteiger partial charge in [0.05, 0.1) is 5.69 Å². The third-order valence-corrected chi connectivity index (χ3v) is 6.89. The van der Waals surface area contributed by atoms with Gasteiger partial charge in [-0.2, -0.15) is 0 Å². The normalized spacial score (nSPS) is 16.2. The Morgan fingerprint density at radius 2 is 1.71 bits per heavy atom. The van der Waals surface area contributed by atoms with Gasteiger partial charge in [-0.15, -0.1) is 0 Å². The Morgan fingerprint density at radius 1 is 0.921 bits per heavy atom. The molecule has 0 radical (unpaired) electrons. The van der Waals surface area contributed by atoms with Crippen molar-refractivity contribution in [3.8, 4) is 5.75 Å². The Morgan fingerprint density at radius 3 is 2.50 bits per heavy atom. The number of amides is 3. The van der Waals surface area contributed by atoms with Gasteiger partial charge in [0, 0.05) is 70.3 Å². The molecule has 3 aromatic rings. The smallest absolute Gasteiger partial charge is 0.264 e. The summed E-state index contributed by atoms with van der Waals surface area (Å²) in [4.78, 5) is 54.7. The zero-order valence-corrected chi connectivity index (χ0v) is 21.5. The molecule has 0 atom stereocenters. The number of aromatic nitrogens is 2. The van der Waals surface area contributed by atoms with Crippen LogP contribution in [0.4, 0.5) is 17.3 Å². The van der Waals surface area contributed by atoms with Gasteiger partial charge in [-0.1, -0.05) is 18.2 Å². The second-order valence-electron chi connectivity index (χ2n) is 9.34. The fourth-order valence-electron chi connectivity index (χ4n) is 4.83. The second-order valence-corrected chi connectivity index (χ2v) is 9.34. The second kappa shape index (κ2) is 10.9. The van der Waals surface area contributed by atoms with Crippen molar-refractivity contribution in [2.45, 2.75) is 19.9 Å². The van der Waals surface area contributed by atoms with E-state index >= 15 is 0 Å². The van der Waals surface area contributed by atoms with E-state index in [4.69, 9.17) is 4.74 Å². The summed E-state index contributed by atoms with van der Waals surface area (Å²) in [7, 11) is 1.68. The molecule has 196 valence electrons. The molecular weight excluding hydrogens is 484 g/mol. The maximum Gasteiger partial charge on any atom is 0.264 e. The van der Waals surface area contributed by atoms with E-state index in [0.717, 1.165) is 11.3 Å². The summed E-state index contributed by atoms with van der Waals surface area (Å²) in [5.74, 6) is 0.734. The molecule has 0 N–H and O–H groups in total. The molecule has 3 heterocycles. The third-order valence-electron chi connectivity index (χ3n) is 6.89. The highest BCUT2D eigenvalue weighted by molar-refractivity contribution is 6.01. The SMILES string of the molecule is CC(=O)N1CCCN(c2ncccn2)CCN(C(=O)c2ccc3c(c2)N(C)C(=O)CO3)Cc2ccccc21. The average molecular weight is 515 g/mol. The number of fused-ring (bicyclic) bond motifs is 2. The first-order chi connectivity index (χ1) is 18.4. The Bertz CT molecular complexity index is 1350. The van der Waals surface area contributed by atoms with Gasteiger partial charge >= 0.3 is 0 Å². The van der Waals surface area contributed by atoms with Gasteiger partial charge in [0.15, 0.2) is 6.61 Å². The molecule has 0 fully saturated rings. The fraction of sp³-hybridized carbons (Fsp3) is 0.321. The van der Waals surface area contributed by atoms with E-state index in [1.54, 1.807) is 60.4 Å².